The average molecular weight is 308 g/mol. The highest BCUT2D eigenvalue weighted by atomic mass is 35.5. The van der Waals surface area contributed by atoms with Crippen LogP contribution in [0.4, 0.5) is 4.39 Å². The molecular weight excluding hydrogens is 289 g/mol. The maximum Gasteiger partial charge on any atom is 0.167 e. The second-order valence-corrected chi connectivity index (χ2v) is 5.35. The minimum Gasteiger partial charge on any atom is -0.454 e. The quantitative estimate of drug-likeness (QED) is 0.751. The molecule has 0 aliphatic rings. The third-order valence-electron chi connectivity index (χ3n) is 3.15. The summed E-state index contributed by atoms with van der Waals surface area (Å²) in [5.74, 6) is 0.459. The summed E-state index contributed by atoms with van der Waals surface area (Å²) in [7, 11) is 0. The van der Waals surface area contributed by atoms with Gasteiger partial charge in [0.2, 0.25) is 0 Å². The first-order valence-corrected chi connectivity index (χ1v) is 7.41. The number of benzene rings is 2. The van der Waals surface area contributed by atoms with Crippen molar-refractivity contribution < 1.29 is 9.13 Å². The summed E-state index contributed by atoms with van der Waals surface area (Å²) in [5.41, 5.74) is 1.71. The third kappa shape index (κ3) is 4.19. The molecule has 2 rings (SSSR count). The van der Waals surface area contributed by atoms with E-state index in [2.05, 4.69) is 12.2 Å². The normalized spacial score (nSPS) is 10.7. The number of ether oxygens (including phenoxy) is 1. The molecule has 4 heteroatoms. The fourth-order valence-corrected chi connectivity index (χ4v) is 2.16. The Morgan fingerprint density at radius 3 is 2.81 bits per heavy atom. The van der Waals surface area contributed by atoms with E-state index in [-0.39, 0.29) is 11.6 Å². The van der Waals surface area contributed by atoms with Crippen molar-refractivity contribution in [1.82, 2.24) is 5.32 Å². The van der Waals surface area contributed by atoms with Crippen molar-refractivity contribution in [3.63, 3.8) is 0 Å². The molecule has 2 aromatic rings. The third-order valence-corrected chi connectivity index (χ3v) is 3.39. The number of nitrogens with one attached hydrogen (secondary N) is 1. The number of para-hydroxylation sites is 1. The highest BCUT2D eigenvalue weighted by Crippen LogP contribution is 2.32. The topological polar surface area (TPSA) is 21.3 Å². The largest absolute Gasteiger partial charge is 0.454 e. The van der Waals surface area contributed by atoms with Gasteiger partial charge in [0.15, 0.2) is 11.6 Å². The maximum atomic E-state index is 14.1. The van der Waals surface area contributed by atoms with Gasteiger partial charge in [0.05, 0.1) is 0 Å². The molecule has 2 nitrogen and oxygen atoms in total. The van der Waals surface area contributed by atoms with Crippen molar-refractivity contribution in [2.75, 3.05) is 6.54 Å². The van der Waals surface area contributed by atoms with Gasteiger partial charge in [0, 0.05) is 17.1 Å². The van der Waals surface area contributed by atoms with Crippen LogP contribution in [0.2, 0.25) is 5.02 Å². The van der Waals surface area contributed by atoms with E-state index in [9.17, 15) is 4.39 Å². The minimum absolute atomic E-state index is 0.256. The molecule has 0 heterocycles. The second-order valence-electron chi connectivity index (χ2n) is 4.92. The standard InChI is InChI=1S/C17H19ClFNO/c1-3-9-20-11-13-5-4-6-15(19)17(13)21-16-10-14(18)8-7-12(16)2/h4-8,10,20H,3,9,11H2,1-2H3. The molecule has 0 fully saturated rings. The zero-order valence-electron chi connectivity index (χ0n) is 12.2. The van der Waals surface area contributed by atoms with Gasteiger partial charge in [-0.3, -0.25) is 0 Å². The van der Waals surface area contributed by atoms with Crippen LogP contribution < -0.4 is 10.1 Å². The molecule has 0 spiro atoms. The van der Waals surface area contributed by atoms with E-state index in [0.29, 0.717) is 17.3 Å². The van der Waals surface area contributed by atoms with Crippen molar-refractivity contribution in [2.45, 2.75) is 26.8 Å². The molecule has 0 atom stereocenters. The Balaban J connectivity index is 2.27. The monoisotopic (exact) mass is 307 g/mol. The summed E-state index contributed by atoms with van der Waals surface area (Å²) < 4.78 is 19.9. The Morgan fingerprint density at radius 2 is 2.05 bits per heavy atom. The fourth-order valence-electron chi connectivity index (χ4n) is 2.00. The Kier molecular flexibility index (Phi) is 5.59. The Labute approximate surface area is 129 Å². The highest BCUT2D eigenvalue weighted by Gasteiger charge is 2.12. The maximum absolute atomic E-state index is 14.1. The zero-order valence-corrected chi connectivity index (χ0v) is 13.0. The summed E-state index contributed by atoms with van der Waals surface area (Å²) in [6, 6.07) is 10.3. The zero-order chi connectivity index (χ0) is 15.2. The molecule has 21 heavy (non-hydrogen) atoms. The van der Waals surface area contributed by atoms with Crippen molar-refractivity contribution in [3.05, 3.63) is 58.4 Å². The highest BCUT2D eigenvalue weighted by molar-refractivity contribution is 6.30. The average Bonchev–Trinajstić information content (AvgIpc) is 2.46. The summed E-state index contributed by atoms with van der Waals surface area (Å²) in [4.78, 5) is 0. The van der Waals surface area contributed by atoms with E-state index < -0.39 is 0 Å². The molecule has 0 aliphatic heterocycles. The predicted molar refractivity (Wildman–Crippen MR) is 84.7 cm³/mol. The van der Waals surface area contributed by atoms with Crippen LogP contribution in [-0.2, 0) is 6.54 Å². The molecule has 112 valence electrons. The first-order chi connectivity index (χ1) is 10.1. The van der Waals surface area contributed by atoms with Crippen molar-refractivity contribution in [1.29, 1.82) is 0 Å². The van der Waals surface area contributed by atoms with Crippen LogP contribution in [0.25, 0.3) is 0 Å². The molecule has 2 aromatic carbocycles. The van der Waals surface area contributed by atoms with E-state index in [1.807, 2.05) is 19.1 Å². The number of rotatable bonds is 6. The van der Waals surface area contributed by atoms with E-state index in [1.54, 1.807) is 18.2 Å². The Bertz CT molecular complexity index is 616. The molecule has 0 radical (unpaired) electrons. The van der Waals surface area contributed by atoms with Crippen LogP contribution in [0.15, 0.2) is 36.4 Å². The Morgan fingerprint density at radius 1 is 1.24 bits per heavy atom. The van der Waals surface area contributed by atoms with Crippen LogP contribution in [-0.4, -0.2) is 6.54 Å². The smallest absolute Gasteiger partial charge is 0.167 e. The molecule has 0 unspecified atom stereocenters. The summed E-state index contributed by atoms with van der Waals surface area (Å²) in [6.07, 6.45) is 1.03. The van der Waals surface area contributed by atoms with Crippen LogP contribution in [0.1, 0.15) is 24.5 Å². The van der Waals surface area contributed by atoms with Crippen molar-refractivity contribution >= 4 is 11.6 Å². The molecular formula is C17H19ClFNO. The van der Waals surface area contributed by atoms with Gasteiger partial charge in [-0.1, -0.05) is 36.7 Å². The molecule has 0 saturated carbocycles. The van der Waals surface area contributed by atoms with Gasteiger partial charge in [-0.25, -0.2) is 4.39 Å². The van der Waals surface area contributed by atoms with Gasteiger partial charge in [-0.15, -0.1) is 0 Å². The summed E-state index contributed by atoms with van der Waals surface area (Å²) in [6.45, 7) is 5.44. The summed E-state index contributed by atoms with van der Waals surface area (Å²) >= 11 is 5.98. The van der Waals surface area contributed by atoms with Gasteiger partial charge >= 0.3 is 0 Å². The van der Waals surface area contributed by atoms with Gasteiger partial charge in [0.1, 0.15) is 5.75 Å². The van der Waals surface area contributed by atoms with E-state index in [4.69, 9.17) is 16.3 Å². The minimum atomic E-state index is -0.370. The van der Waals surface area contributed by atoms with E-state index in [1.165, 1.54) is 6.07 Å². The van der Waals surface area contributed by atoms with Crippen LogP contribution in [0, 0.1) is 12.7 Å². The lowest BCUT2D eigenvalue weighted by atomic mass is 10.1. The number of hydrogen-bond acceptors (Lipinski definition) is 2. The van der Waals surface area contributed by atoms with Crippen LogP contribution in [0.5, 0.6) is 11.5 Å². The lowest BCUT2D eigenvalue weighted by molar-refractivity contribution is 0.431. The fraction of sp³-hybridized carbons (Fsp3) is 0.294. The molecule has 0 amide bonds. The number of aryl methyl sites for hydroxylation is 1. The molecule has 0 saturated heterocycles. The molecule has 0 aliphatic carbocycles. The van der Waals surface area contributed by atoms with Gasteiger partial charge in [-0.2, -0.15) is 0 Å². The first kappa shape index (κ1) is 15.8. The summed E-state index contributed by atoms with van der Waals surface area (Å²) in [5, 5.41) is 3.83. The second kappa shape index (κ2) is 7.43. The SMILES string of the molecule is CCCNCc1cccc(F)c1Oc1cc(Cl)ccc1C. The van der Waals surface area contributed by atoms with Gasteiger partial charge in [0.25, 0.3) is 0 Å². The van der Waals surface area contributed by atoms with Crippen molar-refractivity contribution in [2.24, 2.45) is 0 Å². The van der Waals surface area contributed by atoms with Gasteiger partial charge < -0.3 is 10.1 Å². The van der Waals surface area contributed by atoms with Crippen molar-refractivity contribution in [3.8, 4) is 11.5 Å². The molecule has 0 aromatic heterocycles. The van der Waals surface area contributed by atoms with Crippen LogP contribution in [0.3, 0.4) is 0 Å². The number of halogens is 2. The first-order valence-electron chi connectivity index (χ1n) is 7.04. The predicted octanol–water partition coefficient (Wildman–Crippen LogP) is 5.08. The lowest BCUT2D eigenvalue weighted by Crippen LogP contribution is -2.14. The van der Waals surface area contributed by atoms with E-state index >= 15 is 0 Å². The lowest BCUT2D eigenvalue weighted by Gasteiger charge is -2.14. The molecule has 1 N–H and O–H groups in total. The number of hydrogen-bond donors (Lipinski definition) is 1. The Hall–Kier alpha value is -1.58. The van der Waals surface area contributed by atoms with Gasteiger partial charge in [-0.05, 0) is 43.7 Å². The van der Waals surface area contributed by atoms with E-state index in [0.717, 1.165) is 24.1 Å². The molecule has 0 bridgehead atoms. The van der Waals surface area contributed by atoms with Crippen LogP contribution >= 0.6 is 11.6 Å².